The number of rotatable bonds is 17. The van der Waals surface area contributed by atoms with E-state index >= 15 is 0 Å². The molecular formula is C33H54O2. The topological polar surface area (TPSA) is 26.3 Å². The molecule has 0 aliphatic carbocycles. The fourth-order valence-corrected chi connectivity index (χ4v) is 3.82. The van der Waals surface area contributed by atoms with Crippen molar-refractivity contribution in [1.29, 1.82) is 0 Å². The van der Waals surface area contributed by atoms with E-state index in [0.717, 1.165) is 64.2 Å². The molecule has 0 fully saturated rings. The quantitative estimate of drug-likeness (QED) is 0.152. The van der Waals surface area contributed by atoms with Crippen LogP contribution in [0.2, 0.25) is 0 Å². The zero-order valence-corrected chi connectivity index (χ0v) is 24.4. The summed E-state index contributed by atoms with van der Waals surface area (Å²) in [6.07, 6.45) is 24.0. The lowest BCUT2D eigenvalue weighted by molar-refractivity contribution is -0.145. The molecule has 0 bridgehead atoms. The maximum Gasteiger partial charge on any atom is 0.309 e. The number of carbonyl (C=O) groups is 1. The number of carbonyl (C=O) groups excluding carboxylic acids is 1. The summed E-state index contributed by atoms with van der Waals surface area (Å²) in [4.78, 5) is 12.3. The van der Waals surface area contributed by atoms with Crippen LogP contribution in [-0.4, -0.2) is 13.1 Å². The van der Waals surface area contributed by atoms with E-state index in [9.17, 15) is 4.79 Å². The zero-order chi connectivity index (χ0) is 26.6. The fraction of sp³-hybridized carbons (Fsp3) is 0.606. The Hall–Kier alpha value is -2.09. The first-order valence-electron chi connectivity index (χ1n) is 13.5. The van der Waals surface area contributed by atoms with Crippen LogP contribution in [0.25, 0.3) is 0 Å². The Morgan fingerprint density at radius 2 is 0.857 bits per heavy atom. The summed E-state index contributed by atoms with van der Waals surface area (Å²) >= 11 is 0. The highest BCUT2D eigenvalue weighted by atomic mass is 16.5. The van der Waals surface area contributed by atoms with Gasteiger partial charge < -0.3 is 4.74 Å². The zero-order valence-electron chi connectivity index (χ0n) is 24.4. The molecule has 0 atom stereocenters. The Kier molecular flexibility index (Phi) is 18.9. The van der Waals surface area contributed by atoms with E-state index < -0.39 is 0 Å². The van der Waals surface area contributed by atoms with Gasteiger partial charge in [0, 0.05) is 0 Å². The van der Waals surface area contributed by atoms with Gasteiger partial charge in [0.25, 0.3) is 0 Å². The predicted octanol–water partition coefficient (Wildman–Crippen LogP) is 10.4. The second kappa shape index (κ2) is 20.1. The van der Waals surface area contributed by atoms with E-state index in [1.807, 2.05) is 0 Å². The largest absolute Gasteiger partial charge is 0.469 e. The van der Waals surface area contributed by atoms with Crippen LogP contribution < -0.4 is 0 Å². The molecule has 0 N–H and O–H groups in total. The van der Waals surface area contributed by atoms with Gasteiger partial charge in [0.1, 0.15) is 0 Å². The second-order valence-electron chi connectivity index (χ2n) is 10.6. The van der Waals surface area contributed by atoms with Gasteiger partial charge in [0.15, 0.2) is 0 Å². The molecule has 0 aliphatic heterocycles. The Labute approximate surface area is 218 Å². The highest BCUT2D eigenvalue weighted by Crippen LogP contribution is 2.19. The van der Waals surface area contributed by atoms with Crippen LogP contribution in [0, 0.1) is 5.92 Å². The van der Waals surface area contributed by atoms with Gasteiger partial charge in [-0.3, -0.25) is 4.79 Å². The summed E-state index contributed by atoms with van der Waals surface area (Å²) in [5.41, 5.74) is 8.39. The molecule has 0 rings (SSSR count). The van der Waals surface area contributed by atoms with Crippen molar-refractivity contribution in [3.05, 3.63) is 69.9 Å². The van der Waals surface area contributed by atoms with Crippen molar-refractivity contribution < 1.29 is 9.53 Å². The first-order valence-corrected chi connectivity index (χ1v) is 13.5. The molecule has 0 spiro atoms. The fourth-order valence-electron chi connectivity index (χ4n) is 3.82. The minimum Gasteiger partial charge on any atom is -0.469 e. The molecular weight excluding hydrogens is 428 g/mol. The molecule has 35 heavy (non-hydrogen) atoms. The molecule has 0 saturated heterocycles. The summed E-state index contributed by atoms with van der Waals surface area (Å²) < 4.78 is 5.08. The minimum absolute atomic E-state index is 0.104. The molecule has 0 aromatic heterocycles. The lowest BCUT2D eigenvalue weighted by Gasteiger charge is -2.12. The van der Waals surface area contributed by atoms with Crippen LogP contribution in [0.4, 0.5) is 0 Å². The normalized spacial score (nSPS) is 13.2. The molecule has 0 aromatic rings. The number of methoxy groups -OCH3 is 1. The summed E-state index contributed by atoms with van der Waals surface area (Å²) in [5.74, 6) is -0.212. The lowest BCUT2D eigenvalue weighted by atomic mass is 9.96. The van der Waals surface area contributed by atoms with Crippen molar-refractivity contribution in [3.8, 4) is 0 Å². The van der Waals surface area contributed by atoms with Gasteiger partial charge in [0.05, 0.1) is 13.0 Å². The van der Waals surface area contributed by atoms with Gasteiger partial charge in [-0.15, -0.1) is 0 Å². The molecule has 0 aromatic carbocycles. The van der Waals surface area contributed by atoms with E-state index in [2.05, 4.69) is 91.8 Å². The third-order valence-electron chi connectivity index (χ3n) is 6.28. The van der Waals surface area contributed by atoms with Gasteiger partial charge in [-0.25, -0.2) is 0 Å². The maximum atomic E-state index is 12.3. The maximum absolute atomic E-state index is 12.3. The number of hydrogen-bond donors (Lipinski definition) is 0. The van der Waals surface area contributed by atoms with Crippen LogP contribution in [0.5, 0.6) is 0 Å². The average Bonchev–Trinajstić information content (AvgIpc) is 2.78. The molecule has 0 unspecified atom stereocenters. The summed E-state index contributed by atoms with van der Waals surface area (Å²) in [6.45, 7) is 17.4. The Bertz CT molecular complexity index is 731. The van der Waals surface area contributed by atoms with Crippen molar-refractivity contribution in [2.75, 3.05) is 7.11 Å². The summed E-state index contributed by atoms with van der Waals surface area (Å²) in [5, 5.41) is 0. The first-order chi connectivity index (χ1) is 16.5. The van der Waals surface area contributed by atoms with Crippen LogP contribution >= 0.6 is 0 Å². The number of esters is 1. The van der Waals surface area contributed by atoms with Crippen molar-refractivity contribution in [3.63, 3.8) is 0 Å². The van der Waals surface area contributed by atoms with Crippen molar-refractivity contribution in [2.24, 2.45) is 5.92 Å². The molecule has 2 nitrogen and oxygen atoms in total. The van der Waals surface area contributed by atoms with Gasteiger partial charge in [-0.1, -0.05) is 69.9 Å². The molecule has 0 saturated carbocycles. The molecule has 0 aliphatic rings. The van der Waals surface area contributed by atoms with E-state index in [0.29, 0.717) is 0 Å². The van der Waals surface area contributed by atoms with Crippen LogP contribution in [0.15, 0.2) is 69.9 Å². The Morgan fingerprint density at radius 1 is 0.543 bits per heavy atom. The van der Waals surface area contributed by atoms with E-state index in [-0.39, 0.29) is 11.9 Å². The van der Waals surface area contributed by atoms with E-state index in [1.54, 1.807) is 0 Å². The number of allylic oxidation sites excluding steroid dienone is 12. The third kappa shape index (κ3) is 19.9. The van der Waals surface area contributed by atoms with E-state index in [1.165, 1.54) is 40.5 Å². The van der Waals surface area contributed by atoms with Gasteiger partial charge >= 0.3 is 5.97 Å². The van der Waals surface area contributed by atoms with Crippen LogP contribution in [-0.2, 0) is 9.53 Å². The monoisotopic (exact) mass is 482 g/mol. The summed E-state index contributed by atoms with van der Waals surface area (Å²) in [7, 11) is 1.49. The molecule has 2 heteroatoms. The summed E-state index contributed by atoms with van der Waals surface area (Å²) in [6, 6.07) is 0. The standard InChI is InChI=1S/C33H54O2/c1-26(2)14-10-16-28(5)18-12-20-30(7)22-24-32(33(34)35-9)25-23-31(8)21-13-19-29(6)17-11-15-27(3)4/h14-15,18-19,22-23,32H,10-13,16-17,20-21,24-25H2,1-9H3/b28-18+,29-19+,30-22+,31-23+. The first kappa shape index (κ1) is 32.9. The molecule has 0 amide bonds. The van der Waals surface area contributed by atoms with Gasteiger partial charge in [-0.05, 0) is 120 Å². The van der Waals surface area contributed by atoms with Crippen LogP contribution in [0.3, 0.4) is 0 Å². The molecule has 0 radical (unpaired) electrons. The van der Waals surface area contributed by atoms with Gasteiger partial charge in [-0.2, -0.15) is 0 Å². The number of ether oxygens (including phenoxy) is 1. The third-order valence-corrected chi connectivity index (χ3v) is 6.28. The predicted molar refractivity (Wildman–Crippen MR) is 156 cm³/mol. The van der Waals surface area contributed by atoms with Crippen LogP contribution in [0.1, 0.15) is 120 Å². The average molecular weight is 483 g/mol. The second-order valence-corrected chi connectivity index (χ2v) is 10.6. The number of hydrogen-bond acceptors (Lipinski definition) is 2. The van der Waals surface area contributed by atoms with Crippen molar-refractivity contribution in [2.45, 2.75) is 120 Å². The highest BCUT2D eigenvalue weighted by Gasteiger charge is 2.16. The lowest BCUT2D eigenvalue weighted by Crippen LogP contribution is -2.15. The van der Waals surface area contributed by atoms with Crippen molar-refractivity contribution >= 4 is 5.97 Å². The van der Waals surface area contributed by atoms with E-state index in [4.69, 9.17) is 4.74 Å². The van der Waals surface area contributed by atoms with Gasteiger partial charge in [0.2, 0.25) is 0 Å². The van der Waals surface area contributed by atoms with Crippen molar-refractivity contribution in [1.82, 2.24) is 0 Å². The highest BCUT2D eigenvalue weighted by molar-refractivity contribution is 5.72. The molecule has 198 valence electrons. The molecule has 0 heterocycles. The smallest absolute Gasteiger partial charge is 0.309 e. The Balaban J connectivity index is 4.65. The SMILES string of the molecule is COC(=O)C(C/C=C(\C)CC/C=C(\C)CCC=C(C)C)C/C=C(\C)CC/C=C(\C)CCC=C(C)C. The Morgan fingerprint density at radius 3 is 1.17 bits per heavy atom. The minimum atomic E-state index is -0.108.